The van der Waals surface area contributed by atoms with E-state index in [-0.39, 0.29) is 11.3 Å². The van der Waals surface area contributed by atoms with Crippen LogP contribution in [0.15, 0.2) is 24.3 Å². The number of piperazine rings is 1. The molecule has 1 aromatic carbocycles. The van der Waals surface area contributed by atoms with Crippen LogP contribution in [0.25, 0.3) is 0 Å². The van der Waals surface area contributed by atoms with Crippen molar-refractivity contribution in [2.75, 3.05) is 24.5 Å². The molecular formula is C13H18F2N2O. The standard InChI is InChI=1S/C13H18F2N2O/c1-13(2)9-17(8-7-16-13)10-5-3-4-6-11(10)18-12(14)15/h3-6,12,16H,7-9H2,1-2H3. The molecule has 1 N–H and O–H groups in total. The van der Waals surface area contributed by atoms with Gasteiger partial charge >= 0.3 is 6.61 Å². The molecule has 0 radical (unpaired) electrons. The van der Waals surface area contributed by atoms with Gasteiger partial charge in [-0.2, -0.15) is 8.78 Å². The van der Waals surface area contributed by atoms with Gasteiger partial charge in [0, 0.05) is 25.2 Å². The van der Waals surface area contributed by atoms with Gasteiger partial charge in [0.1, 0.15) is 5.75 Å². The van der Waals surface area contributed by atoms with Crippen LogP contribution >= 0.6 is 0 Å². The second-order valence-corrected chi connectivity index (χ2v) is 5.08. The average molecular weight is 256 g/mol. The van der Waals surface area contributed by atoms with Crippen LogP contribution < -0.4 is 15.0 Å². The van der Waals surface area contributed by atoms with Crippen molar-refractivity contribution in [3.8, 4) is 5.75 Å². The smallest absolute Gasteiger partial charge is 0.387 e. The number of alkyl halides is 2. The summed E-state index contributed by atoms with van der Waals surface area (Å²) >= 11 is 0. The molecular weight excluding hydrogens is 238 g/mol. The van der Waals surface area contributed by atoms with Gasteiger partial charge in [-0.25, -0.2) is 0 Å². The lowest BCUT2D eigenvalue weighted by atomic mass is 10.0. The minimum absolute atomic E-state index is 0.0316. The molecule has 0 aromatic heterocycles. The summed E-state index contributed by atoms with van der Waals surface area (Å²) < 4.78 is 29.3. The normalized spacial score (nSPS) is 19.1. The molecule has 1 aliphatic rings. The summed E-state index contributed by atoms with van der Waals surface area (Å²) in [4.78, 5) is 2.08. The molecule has 0 spiro atoms. The zero-order valence-electron chi connectivity index (χ0n) is 10.6. The first-order chi connectivity index (χ1) is 8.48. The third-order valence-corrected chi connectivity index (χ3v) is 2.99. The molecule has 3 nitrogen and oxygen atoms in total. The Morgan fingerprint density at radius 2 is 2.06 bits per heavy atom. The topological polar surface area (TPSA) is 24.5 Å². The van der Waals surface area contributed by atoms with E-state index in [9.17, 15) is 8.78 Å². The minimum atomic E-state index is -2.79. The highest BCUT2D eigenvalue weighted by atomic mass is 19.3. The lowest BCUT2D eigenvalue weighted by Crippen LogP contribution is -2.57. The third-order valence-electron chi connectivity index (χ3n) is 2.99. The molecule has 0 saturated carbocycles. The summed E-state index contributed by atoms with van der Waals surface area (Å²) in [5.41, 5.74) is 0.697. The predicted molar refractivity (Wildman–Crippen MR) is 67.4 cm³/mol. The van der Waals surface area contributed by atoms with Gasteiger partial charge in [0.25, 0.3) is 0 Å². The Hall–Kier alpha value is -1.36. The zero-order chi connectivity index (χ0) is 13.2. The zero-order valence-corrected chi connectivity index (χ0v) is 10.6. The van der Waals surface area contributed by atoms with E-state index in [1.54, 1.807) is 12.1 Å². The van der Waals surface area contributed by atoms with Crippen molar-refractivity contribution in [3.63, 3.8) is 0 Å². The number of halogens is 2. The van der Waals surface area contributed by atoms with Crippen LogP contribution in [0, 0.1) is 0 Å². The van der Waals surface area contributed by atoms with Crippen molar-refractivity contribution in [2.24, 2.45) is 0 Å². The largest absolute Gasteiger partial charge is 0.433 e. The Morgan fingerprint density at radius 1 is 1.33 bits per heavy atom. The van der Waals surface area contributed by atoms with Crippen LogP contribution in [0.3, 0.4) is 0 Å². The van der Waals surface area contributed by atoms with Gasteiger partial charge in [0.15, 0.2) is 0 Å². The summed E-state index contributed by atoms with van der Waals surface area (Å²) in [5, 5.41) is 3.39. The molecule has 0 bridgehead atoms. The fourth-order valence-corrected chi connectivity index (χ4v) is 2.26. The Balaban J connectivity index is 2.21. The van der Waals surface area contributed by atoms with Crippen LogP contribution in [-0.4, -0.2) is 31.8 Å². The molecule has 0 atom stereocenters. The van der Waals surface area contributed by atoms with Crippen LogP contribution in [0.5, 0.6) is 5.75 Å². The van der Waals surface area contributed by atoms with Crippen LogP contribution in [0.4, 0.5) is 14.5 Å². The SMILES string of the molecule is CC1(C)CN(c2ccccc2OC(F)F)CCN1. The third kappa shape index (κ3) is 3.10. The fraction of sp³-hybridized carbons (Fsp3) is 0.538. The number of nitrogens with zero attached hydrogens (tertiary/aromatic N) is 1. The minimum Gasteiger partial charge on any atom is -0.433 e. The van der Waals surface area contributed by atoms with E-state index in [2.05, 4.69) is 28.8 Å². The Morgan fingerprint density at radius 3 is 2.72 bits per heavy atom. The molecule has 0 amide bonds. The molecule has 1 aliphatic heterocycles. The first kappa shape index (κ1) is 13.1. The second kappa shape index (κ2) is 5.10. The van der Waals surface area contributed by atoms with Crippen LogP contribution in [-0.2, 0) is 0 Å². The Labute approximate surface area is 106 Å². The summed E-state index contributed by atoms with van der Waals surface area (Å²) in [7, 11) is 0. The summed E-state index contributed by atoms with van der Waals surface area (Å²) in [6.07, 6.45) is 0. The van der Waals surface area contributed by atoms with Crippen molar-refractivity contribution in [3.05, 3.63) is 24.3 Å². The van der Waals surface area contributed by atoms with Crippen molar-refractivity contribution in [2.45, 2.75) is 26.0 Å². The lowest BCUT2D eigenvalue weighted by molar-refractivity contribution is -0.0495. The highest BCUT2D eigenvalue weighted by Gasteiger charge is 2.27. The highest BCUT2D eigenvalue weighted by Crippen LogP contribution is 2.31. The molecule has 0 unspecified atom stereocenters. The monoisotopic (exact) mass is 256 g/mol. The van der Waals surface area contributed by atoms with E-state index in [4.69, 9.17) is 0 Å². The molecule has 1 heterocycles. The van der Waals surface area contributed by atoms with E-state index in [1.165, 1.54) is 0 Å². The number of benzene rings is 1. The van der Waals surface area contributed by atoms with Gasteiger partial charge in [0.05, 0.1) is 5.69 Å². The molecule has 5 heteroatoms. The maximum atomic E-state index is 12.4. The highest BCUT2D eigenvalue weighted by molar-refractivity contribution is 5.59. The summed E-state index contributed by atoms with van der Waals surface area (Å²) in [6.45, 7) is 3.77. The Bertz CT molecular complexity index is 410. The first-order valence-corrected chi connectivity index (χ1v) is 6.02. The Kier molecular flexibility index (Phi) is 3.71. The van der Waals surface area contributed by atoms with Gasteiger partial charge < -0.3 is 15.0 Å². The molecule has 1 fully saturated rings. The van der Waals surface area contributed by atoms with Crippen molar-refractivity contribution in [1.29, 1.82) is 0 Å². The second-order valence-electron chi connectivity index (χ2n) is 5.08. The van der Waals surface area contributed by atoms with E-state index in [1.807, 2.05) is 12.1 Å². The van der Waals surface area contributed by atoms with Crippen molar-refractivity contribution >= 4 is 5.69 Å². The number of nitrogens with one attached hydrogen (secondary N) is 1. The number of hydrogen-bond donors (Lipinski definition) is 1. The lowest BCUT2D eigenvalue weighted by Gasteiger charge is -2.40. The summed E-state index contributed by atoms with van der Waals surface area (Å²) in [6, 6.07) is 6.94. The molecule has 100 valence electrons. The average Bonchev–Trinajstić information content (AvgIpc) is 2.27. The number of para-hydroxylation sites is 2. The summed E-state index contributed by atoms with van der Waals surface area (Å²) in [5.74, 6) is 0.241. The van der Waals surface area contributed by atoms with Crippen LogP contribution in [0.2, 0.25) is 0 Å². The van der Waals surface area contributed by atoms with Gasteiger partial charge in [-0.05, 0) is 26.0 Å². The maximum absolute atomic E-state index is 12.4. The number of rotatable bonds is 3. The molecule has 18 heavy (non-hydrogen) atoms. The van der Waals surface area contributed by atoms with Gasteiger partial charge in [-0.1, -0.05) is 12.1 Å². The quantitative estimate of drug-likeness (QED) is 0.899. The van der Waals surface area contributed by atoms with Crippen molar-refractivity contribution in [1.82, 2.24) is 5.32 Å². The maximum Gasteiger partial charge on any atom is 0.387 e. The van der Waals surface area contributed by atoms with Gasteiger partial charge in [-0.15, -0.1) is 0 Å². The van der Waals surface area contributed by atoms with Gasteiger partial charge in [0.2, 0.25) is 0 Å². The van der Waals surface area contributed by atoms with E-state index in [0.717, 1.165) is 25.3 Å². The first-order valence-electron chi connectivity index (χ1n) is 6.02. The van der Waals surface area contributed by atoms with E-state index < -0.39 is 6.61 Å². The number of ether oxygens (including phenoxy) is 1. The molecule has 2 rings (SSSR count). The predicted octanol–water partition coefficient (Wildman–Crippen LogP) is 2.48. The molecule has 1 saturated heterocycles. The molecule has 0 aliphatic carbocycles. The number of hydrogen-bond acceptors (Lipinski definition) is 3. The molecule has 1 aromatic rings. The number of anilines is 1. The van der Waals surface area contributed by atoms with E-state index in [0.29, 0.717) is 0 Å². The van der Waals surface area contributed by atoms with Crippen molar-refractivity contribution < 1.29 is 13.5 Å². The van der Waals surface area contributed by atoms with E-state index >= 15 is 0 Å². The van der Waals surface area contributed by atoms with Crippen LogP contribution in [0.1, 0.15) is 13.8 Å². The fourth-order valence-electron chi connectivity index (χ4n) is 2.26. The van der Waals surface area contributed by atoms with Gasteiger partial charge in [-0.3, -0.25) is 0 Å².